The first-order valence-corrected chi connectivity index (χ1v) is 8.59. The highest BCUT2D eigenvalue weighted by molar-refractivity contribution is 5.81. The lowest BCUT2D eigenvalue weighted by atomic mass is 10.1. The van der Waals surface area contributed by atoms with Crippen LogP contribution in [0.15, 0.2) is 30.3 Å². The zero-order chi connectivity index (χ0) is 17.6. The van der Waals surface area contributed by atoms with Gasteiger partial charge in [-0.3, -0.25) is 0 Å². The Hall–Kier alpha value is -2.47. The van der Waals surface area contributed by atoms with Crippen molar-refractivity contribution in [2.45, 2.75) is 32.8 Å². The molecule has 1 N–H and O–H groups in total. The summed E-state index contributed by atoms with van der Waals surface area (Å²) in [6, 6.07) is 8.48. The summed E-state index contributed by atoms with van der Waals surface area (Å²) in [6.45, 7) is 5.51. The minimum Gasteiger partial charge on any atom is -0.393 e. The maximum Gasteiger partial charge on any atom is 0.165 e. The number of benzene rings is 1. The molecule has 6 heteroatoms. The van der Waals surface area contributed by atoms with Crippen molar-refractivity contribution in [2.24, 2.45) is 0 Å². The van der Waals surface area contributed by atoms with Crippen LogP contribution < -0.4 is 4.90 Å². The molecule has 0 saturated carbocycles. The minimum atomic E-state index is -0.255. The number of aliphatic hydroxyl groups is 1. The summed E-state index contributed by atoms with van der Waals surface area (Å²) in [4.78, 5) is 6.94. The third-order valence-electron chi connectivity index (χ3n) is 4.79. The van der Waals surface area contributed by atoms with Crippen molar-refractivity contribution >= 4 is 11.5 Å². The van der Waals surface area contributed by atoms with E-state index in [9.17, 15) is 9.50 Å². The Labute approximate surface area is 145 Å². The molecule has 2 aromatic heterocycles. The number of hydrogen-bond acceptors (Lipinski definition) is 4. The molecule has 0 spiro atoms. The highest BCUT2D eigenvalue weighted by Crippen LogP contribution is 2.31. The van der Waals surface area contributed by atoms with Crippen molar-refractivity contribution in [3.8, 4) is 11.1 Å². The lowest BCUT2D eigenvalue weighted by Gasteiger charge is -2.31. The number of aryl methyl sites for hydroxylation is 2. The van der Waals surface area contributed by atoms with Crippen LogP contribution >= 0.6 is 0 Å². The number of anilines is 1. The molecule has 3 aromatic rings. The van der Waals surface area contributed by atoms with Crippen molar-refractivity contribution in [3.63, 3.8) is 0 Å². The van der Waals surface area contributed by atoms with Gasteiger partial charge < -0.3 is 10.0 Å². The summed E-state index contributed by atoms with van der Waals surface area (Å²) in [5.41, 5.74) is 4.40. The molecule has 4 rings (SSSR count). The summed E-state index contributed by atoms with van der Waals surface area (Å²) < 4.78 is 15.2. The van der Waals surface area contributed by atoms with Crippen molar-refractivity contribution in [1.29, 1.82) is 0 Å². The number of fused-ring (bicyclic) bond motifs is 1. The summed E-state index contributed by atoms with van der Waals surface area (Å²) in [6.07, 6.45) is 1.30. The van der Waals surface area contributed by atoms with E-state index in [1.54, 1.807) is 12.1 Å². The second-order valence-corrected chi connectivity index (χ2v) is 6.68. The fourth-order valence-electron chi connectivity index (χ4n) is 3.50. The fraction of sp³-hybridized carbons (Fsp3) is 0.368. The van der Waals surface area contributed by atoms with Gasteiger partial charge in [-0.15, -0.1) is 0 Å². The Kier molecular flexibility index (Phi) is 3.92. The molecule has 1 aliphatic rings. The van der Waals surface area contributed by atoms with E-state index in [1.165, 1.54) is 12.1 Å². The van der Waals surface area contributed by atoms with Gasteiger partial charge in [-0.2, -0.15) is 9.61 Å². The maximum atomic E-state index is 13.3. The van der Waals surface area contributed by atoms with Crippen LogP contribution in [0.25, 0.3) is 16.8 Å². The molecule has 0 atom stereocenters. The number of aromatic nitrogens is 3. The molecule has 5 nitrogen and oxygen atoms in total. The van der Waals surface area contributed by atoms with E-state index in [1.807, 2.05) is 24.4 Å². The normalized spacial score (nSPS) is 15.9. The predicted octanol–water partition coefficient (Wildman–Crippen LogP) is 3.11. The number of halogens is 1. The molecule has 130 valence electrons. The highest BCUT2D eigenvalue weighted by Gasteiger charge is 2.22. The van der Waals surface area contributed by atoms with Gasteiger partial charge in [-0.25, -0.2) is 9.37 Å². The van der Waals surface area contributed by atoms with Crippen LogP contribution in [-0.4, -0.2) is 38.9 Å². The average Bonchev–Trinajstić information content (AvgIpc) is 2.92. The maximum absolute atomic E-state index is 13.3. The average molecular weight is 340 g/mol. The Morgan fingerprint density at radius 2 is 1.80 bits per heavy atom. The topological polar surface area (TPSA) is 53.7 Å². The van der Waals surface area contributed by atoms with Gasteiger partial charge in [0.05, 0.1) is 11.8 Å². The molecule has 0 radical (unpaired) electrons. The van der Waals surface area contributed by atoms with Crippen molar-refractivity contribution in [2.75, 3.05) is 18.0 Å². The van der Waals surface area contributed by atoms with Crippen LogP contribution in [0.4, 0.5) is 10.2 Å². The van der Waals surface area contributed by atoms with E-state index in [0.29, 0.717) is 0 Å². The Bertz CT molecular complexity index is 911. The standard InChI is InChI=1S/C19H21FN4O/c1-12-11-17(23-9-7-16(25)8-10-23)24-19(21-12)18(13(2)22-24)14-3-5-15(20)6-4-14/h3-6,11,16,25H,7-10H2,1-2H3. The van der Waals surface area contributed by atoms with Gasteiger partial charge >= 0.3 is 0 Å². The van der Waals surface area contributed by atoms with Gasteiger partial charge in [0.15, 0.2) is 5.65 Å². The largest absolute Gasteiger partial charge is 0.393 e. The molecule has 0 amide bonds. The summed E-state index contributed by atoms with van der Waals surface area (Å²) >= 11 is 0. The van der Waals surface area contributed by atoms with Crippen LogP contribution in [0.1, 0.15) is 24.2 Å². The van der Waals surface area contributed by atoms with Gasteiger partial charge in [-0.1, -0.05) is 12.1 Å². The van der Waals surface area contributed by atoms with Crippen molar-refractivity contribution in [3.05, 3.63) is 47.5 Å². The number of aliphatic hydroxyl groups excluding tert-OH is 1. The summed E-state index contributed by atoms with van der Waals surface area (Å²) in [7, 11) is 0. The van der Waals surface area contributed by atoms with Crippen LogP contribution in [0, 0.1) is 19.7 Å². The van der Waals surface area contributed by atoms with Crippen LogP contribution in [0.3, 0.4) is 0 Å². The quantitative estimate of drug-likeness (QED) is 0.779. The van der Waals surface area contributed by atoms with E-state index in [4.69, 9.17) is 10.1 Å². The van der Waals surface area contributed by atoms with Crippen LogP contribution in [0.5, 0.6) is 0 Å². The van der Waals surface area contributed by atoms with Crippen LogP contribution in [-0.2, 0) is 0 Å². The van der Waals surface area contributed by atoms with E-state index < -0.39 is 0 Å². The summed E-state index contributed by atoms with van der Waals surface area (Å²) in [5, 5.41) is 14.5. The third kappa shape index (κ3) is 2.87. The van der Waals surface area contributed by atoms with Gasteiger partial charge in [0, 0.05) is 30.4 Å². The molecule has 1 saturated heterocycles. The lowest BCUT2D eigenvalue weighted by molar-refractivity contribution is 0.145. The smallest absolute Gasteiger partial charge is 0.165 e. The number of nitrogens with zero attached hydrogens (tertiary/aromatic N) is 4. The summed E-state index contributed by atoms with van der Waals surface area (Å²) in [5.74, 6) is 0.737. The van der Waals surface area contributed by atoms with E-state index in [-0.39, 0.29) is 11.9 Å². The van der Waals surface area contributed by atoms with Crippen molar-refractivity contribution < 1.29 is 9.50 Å². The minimum absolute atomic E-state index is 0.219. The highest BCUT2D eigenvalue weighted by atomic mass is 19.1. The first kappa shape index (κ1) is 16.0. The predicted molar refractivity (Wildman–Crippen MR) is 95.3 cm³/mol. The van der Waals surface area contributed by atoms with E-state index in [2.05, 4.69) is 4.90 Å². The lowest BCUT2D eigenvalue weighted by Crippen LogP contribution is -2.37. The SMILES string of the molecule is Cc1cc(N2CCC(O)CC2)n2nc(C)c(-c3ccc(F)cc3)c2n1. The fourth-order valence-corrected chi connectivity index (χ4v) is 3.50. The number of rotatable bonds is 2. The molecule has 25 heavy (non-hydrogen) atoms. The molecule has 0 aliphatic carbocycles. The zero-order valence-electron chi connectivity index (χ0n) is 14.4. The Morgan fingerprint density at radius 1 is 1.12 bits per heavy atom. The number of hydrogen-bond donors (Lipinski definition) is 1. The van der Waals surface area contributed by atoms with Gasteiger partial charge in [0.1, 0.15) is 11.6 Å². The van der Waals surface area contributed by atoms with E-state index >= 15 is 0 Å². The third-order valence-corrected chi connectivity index (χ3v) is 4.79. The molecule has 0 unspecified atom stereocenters. The molecular formula is C19H21FN4O. The Morgan fingerprint density at radius 3 is 2.48 bits per heavy atom. The molecule has 0 bridgehead atoms. The molecular weight excluding hydrogens is 319 g/mol. The van der Waals surface area contributed by atoms with Gasteiger partial charge in [0.2, 0.25) is 0 Å². The molecule has 1 fully saturated rings. The number of piperidine rings is 1. The first-order chi connectivity index (χ1) is 12.0. The zero-order valence-corrected chi connectivity index (χ0v) is 14.4. The molecule has 1 aromatic carbocycles. The first-order valence-electron chi connectivity index (χ1n) is 8.59. The molecule has 1 aliphatic heterocycles. The van der Waals surface area contributed by atoms with Gasteiger partial charge in [-0.05, 0) is 44.4 Å². The van der Waals surface area contributed by atoms with Crippen molar-refractivity contribution in [1.82, 2.24) is 14.6 Å². The second-order valence-electron chi connectivity index (χ2n) is 6.68. The molecule has 3 heterocycles. The van der Waals surface area contributed by atoms with Crippen LogP contribution in [0.2, 0.25) is 0 Å². The monoisotopic (exact) mass is 340 g/mol. The van der Waals surface area contributed by atoms with Gasteiger partial charge in [0.25, 0.3) is 0 Å². The second kappa shape index (κ2) is 6.11. The van der Waals surface area contributed by atoms with E-state index in [0.717, 1.165) is 59.9 Å². The Balaban J connectivity index is 1.87.